The predicted octanol–water partition coefficient (Wildman–Crippen LogP) is 3.81. The fraction of sp³-hybridized carbons (Fsp3) is 0.579. The summed E-state index contributed by atoms with van der Waals surface area (Å²) in [6, 6.07) is 9.94. The second-order valence-electron chi connectivity index (χ2n) is 6.83. The van der Waals surface area contributed by atoms with E-state index in [9.17, 15) is 9.59 Å². The number of ketones is 1. The summed E-state index contributed by atoms with van der Waals surface area (Å²) in [5.41, 5.74) is 0.605. The third kappa shape index (κ3) is 9.30. The minimum atomic E-state index is -0.522. The van der Waals surface area contributed by atoms with Gasteiger partial charge < -0.3 is 14.4 Å². The average Bonchev–Trinajstić information content (AvgIpc) is 2.51. The number of nitrogens with zero attached hydrogens (tertiary/aromatic N) is 1. The first-order valence-electron chi connectivity index (χ1n) is 8.35. The Bertz CT molecular complexity index is 508. The molecule has 1 aromatic rings. The van der Waals surface area contributed by atoms with Gasteiger partial charge >= 0.3 is 6.09 Å². The number of rotatable bonds is 9. The molecule has 0 heterocycles. The van der Waals surface area contributed by atoms with Crippen LogP contribution >= 0.6 is 0 Å². The lowest BCUT2D eigenvalue weighted by Crippen LogP contribution is -2.35. The van der Waals surface area contributed by atoms with Crippen LogP contribution in [0.25, 0.3) is 0 Å². The number of benzene rings is 1. The molecule has 0 atom stereocenters. The fourth-order valence-electron chi connectivity index (χ4n) is 1.98. The molecule has 0 saturated carbocycles. The van der Waals surface area contributed by atoms with Crippen LogP contribution in [-0.4, -0.2) is 42.6 Å². The maximum atomic E-state index is 11.9. The number of Topliss-reactive ketones (excluding diaryl/α,β-unsaturated/α-hetero) is 1. The standard InChI is InChI=1S/C19H29NO4/c1-19(2,3)24-18(22)20(4)13-12-17(21)11-8-14-23-15-16-9-6-5-7-10-16/h5-7,9-10H,8,11-15H2,1-4H3. The van der Waals surface area contributed by atoms with Crippen molar-refractivity contribution in [3.05, 3.63) is 35.9 Å². The zero-order valence-corrected chi connectivity index (χ0v) is 15.2. The maximum Gasteiger partial charge on any atom is 0.410 e. The quantitative estimate of drug-likeness (QED) is 0.644. The van der Waals surface area contributed by atoms with Crippen LogP contribution in [0.2, 0.25) is 0 Å². The Kier molecular flexibility index (Phi) is 8.47. The Balaban J connectivity index is 2.10. The van der Waals surface area contributed by atoms with Crippen LogP contribution in [-0.2, 0) is 20.9 Å². The largest absolute Gasteiger partial charge is 0.444 e. The SMILES string of the molecule is CN(CCC(=O)CCCOCc1ccccc1)C(=O)OC(C)(C)C. The number of carbonyl (C=O) groups excluding carboxylic acids is 2. The molecule has 0 unspecified atom stereocenters. The van der Waals surface area contributed by atoms with E-state index in [1.54, 1.807) is 7.05 Å². The smallest absolute Gasteiger partial charge is 0.410 e. The molecule has 0 N–H and O–H groups in total. The highest BCUT2D eigenvalue weighted by molar-refractivity contribution is 5.79. The molecule has 24 heavy (non-hydrogen) atoms. The molecule has 0 aromatic heterocycles. The zero-order chi connectivity index (χ0) is 18.0. The Morgan fingerprint density at radius 3 is 2.38 bits per heavy atom. The monoisotopic (exact) mass is 335 g/mol. The van der Waals surface area contributed by atoms with Gasteiger partial charge in [-0.25, -0.2) is 4.79 Å². The first-order chi connectivity index (χ1) is 11.3. The van der Waals surface area contributed by atoms with Crippen LogP contribution in [0.4, 0.5) is 4.79 Å². The van der Waals surface area contributed by atoms with Crippen molar-refractivity contribution in [3.8, 4) is 0 Å². The molecule has 0 bridgehead atoms. The van der Waals surface area contributed by atoms with E-state index in [0.717, 1.165) is 5.56 Å². The molecule has 1 aromatic carbocycles. The molecular formula is C19H29NO4. The molecule has 0 aliphatic rings. The normalized spacial score (nSPS) is 11.2. The first kappa shape index (κ1) is 20.2. The van der Waals surface area contributed by atoms with Gasteiger partial charge in [-0.15, -0.1) is 0 Å². The van der Waals surface area contributed by atoms with Gasteiger partial charge in [-0.05, 0) is 32.8 Å². The highest BCUT2D eigenvalue weighted by Gasteiger charge is 2.19. The van der Waals surface area contributed by atoms with Crippen LogP contribution in [0, 0.1) is 0 Å². The summed E-state index contributed by atoms with van der Waals surface area (Å²) in [7, 11) is 1.64. The molecule has 5 nitrogen and oxygen atoms in total. The Morgan fingerprint density at radius 2 is 1.75 bits per heavy atom. The summed E-state index contributed by atoms with van der Waals surface area (Å²) in [5.74, 6) is 0.133. The minimum Gasteiger partial charge on any atom is -0.444 e. The first-order valence-corrected chi connectivity index (χ1v) is 8.35. The molecule has 0 saturated heterocycles. The fourth-order valence-corrected chi connectivity index (χ4v) is 1.98. The van der Waals surface area contributed by atoms with Crippen LogP contribution in [0.5, 0.6) is 0 Å². The van der Waals surface area contributed by atoms with Crippen molar-refractivity contribution in [1.29, 1.82) is 0 Å². The van der Waals surface area contributed by atoms with Gasteiger partial charge in [0.1, 0.15) is 11.4 Å². The molecule has 0 spiro atoms. The average molecular weight is 335 g/mol. The molecule has 1 rings (SSSR count). The highest BCUT2D eigenvalue weighted by Crippen LogP contribution is 2.09. The van der Waals surface area contributed by atoms with Crippen molar-refractivity contribution in [2.45, 2.75) is 52.2 Å². The van der Waals surface area contributed by atoms with E-state index in [-0.39, 0.29) is 5.78 Å². The summed E-state index contributed by atoms with van der Waals surface area (Å²) in [6.07, 6.45) is 1.11. The lowest BCUT2D eigenvalue weighted by molar-refractivity contribution is -0.119. The molecule has 0 fully saturated rings. The van der Waals surface area contributed by atoms with E-state index in [2.05, 4.69) is 0 Å². The van der Waals surface area contributed by atoms with Gasteiger partial charge in [-0.1, -0.05) is 30.3 Å². The van der Waals surface area contributed by atoms with E-state index >= 15 is 0 Å². The van der Waals surface area contributed by atoms with E-state index in [4.69, 9.17) is 9.47 Å². The van der Waals surface area contributed by atoms with Gasteiger partial charge in [0.25, 0.3) is 0 Å². The van der Waals surface area contributed by atoms with E-state index in [0.29, 0.717) is 39.0 Å². The van der Waals surface area contributed by atoms with Gasteiger partial charge in [-0.3, -0.25) is 4.79 Å². The summed E-state index contributed by atoms with van der Waals surface area (Å²) in [5, 5.41) is 0. The van der Waals surface area contributed by atoms with Gasteiger partial charge in [0.2, 0.25) is 0 Å². The molecule has 5 heteroatoms. The molecule has 134 valence electrons. The summed E-state index contributed by atoms with van der Waals surface area (Å²) >= 11 is 0. The third-order valence-corrected chi connectivity index (χ3v) is 3.29. The van der Waals surface area contributed by atoms with Crippen LogP contribution in [0.1, 0.15) is 45.6 Å². The zero-order valence-electron chi connectivity index (χ0n) is 15.2. The van der Waals surface area contributed by atoms with Gasteiger partial charge in [-0.2, -0.15) is 0 Å². The number of ether oxygens (including phenoxy) is 2. The second kappa shape index (κ2) is 10.1. The lowest BCUT2D eigenvalue weighted by Gasteiger charge is -2.24. The van der Waals surface area contributed by atoms with Crippen molar-refractivity contribution in [3.63, 3.8) is 0 Å². The number of amides is 1. The van der Waals surface area contributed by atoms with Crippen LogP contribution in [0.3, 0.4) is 0 Å². The Hall–Kier alpha value is -1.88. The number of carbonyl (C=O) groups is 2. The topological polar surface area (TPSA) is 55.8 Å². The summed E-state index contributed by atoms with van der Waals surface area (Å²) in [4.78, 5) is 25.1. The molecular weight excluding hydrogens is 306 g/mol. The highest BCUT2D eigenvalue weighted by atomic mass is 16.6. The van der Waals surface area contributed by atoms with E-state index in [1.807, 2.05) is 51.1 Å². The van der Waals surface area contributed by atoms with Crippen molar-refractivity contribution >= 4 is 11.9 Å². The second-order valence-corrected chi connectivity index (χ2v) is 6.83. The van der Waals surface area contributed by atoms with Crippen molar-refractivity contribution in [2.75, 3.05) is 20.2 Å². The van der Waals surface area contributed by atoms with Gasteiger partial charge in [0.15, 0.2) is 0 Å². The van der Waals surface area contributed by atoms with Crippen molar-refractivity contribution < 1.29 is 19.1 Å². The van der Waals surface area contributed by atoms with Crippen LogP contribution in [0.15, 0.2) is 30.3 Å². The Labute approximate surface area is 144 Å². The molecule has 0 radical (unpaired) electrons. The van der Waals surface area contributed by atoms with E-state index < -0.39 is 11.7 Å². The molecule has 0 aliphatic carbocycles. The number of hydrogen-bond acceptors (Lipinski definition) is 4. The summed E-state index contributed by atoms with van der Waals surface area (Å²) < 4.78 is 10.8. The van der Waals surface area contributed by atoms with Crippen molar-refractivity contribution in [2.24, 2.45) is 0 Å². The lowest BCUT2D eigenvalue weighted by atomic mass is 10.1. The Morgan fingerprint density at radius 1 is 1.08 bits per heavy atom. The predicted molar refractivity (Wildman–Crippen MR) is 93.8 cm³/mol. The van der Waals surface area contributed by atoms with Crippen LogP contribution < -0.4 is 0 Å². The molecule has 1 amide bonds. The van der Waals surface area contributed by atoms with Gasteiger partial charge in [0.05, 0.1) is 6.61 Å². The minimum absolute atomic E-state index is 0.133. The maximum absolute atomic E-state index is 11.9. The number of hydrogen-bond donors (Lipinski definition) is 0. The van der Waals surface area contributed by atoms with Gasteiger partial charge in [0, 0.05) is 33.0 Å². The third-order valence-electron chi connectivity index (χ3n) is 3.29. The van der Waals surface area contributed by atoms with Crippen molar-refractivity contribution in [1.82, 2.24) is 4.90 Å². The molecule has 0 aliphatic heterocycles. The summed E-state index contributed by atoms with van der Waals surface area (Å²) in [6.45, 7) is 6.95. The van der Waals surface area contributed by atoms with E-state index in [1.165, 1.54) is 4.90 Å².